The lowest BCUT2D eigenvalue weighted by Crippen LogP contribution is -2.14. The third-order valence-corrected chi connectivity index (χ3v) is 8.83. The van der Waals surface area contributed by atoms with E-state index in [4.69, 9.17) is 4.74 Å². The van der Waals surface area contributed by atoms with Crippen molar-refractivity contribution in [2.45, 2.75) is 59.3 Å². The van der Waals surface area contributed by atoms with Crippen LogP contribution in [0.4, 0.5) is 5.69 Å². The van der Waals surface area contributed by atoms with E-state index in [-0.39, 0.29) is 22.6 Å². The fraction of sp³-hybridized carbons (Fsp3) is 0.300. The second-order valence-corrected chi connectivity index (χ2v) is 13.1. The Morgan fingerprint density at radius 1 is 0.745 bits per heavy atom. The first-order valence-electron chi connectivity index (χ1n) is 18.3. The van der Waals surface area contributed by atoms with Gasteiger partial charge in [-0.1, -0.05) is 44.9 Å². The van der Waals surface area contributed by atoms with Crippen molar-refractivity contribution in [3.63, 3.8) is 0 Å². The summed E-state index contributed by atoms with van der Waals surface area (Å²) < 4.78 is 8.20. The Kier molecular flexibility index (Phi) is 11.8. The molecule has 2 aromatic carbocycles. The minimum absolute atomic E-state index is 0.123. The number of ether oxygens (including phenoxy) is 1. The van der Waals surface area contributed by atoms with Crippen LogP contribution in [0.5, 0.6) is 0 Å². The van der Waals surface area contributed by atoms with E-state index in [2.05, 4.69) is 54.3 Å². The lowest BCUT2D eigenvalue weighted by Gasteiger charge is -2.05. The average molecular weight is 745 g/mol. The number of rotatable bonds is 12. The fourth-order valence-corrected chi connectivity index (χ4v) is 6.36. The first-order chi connectivity index (χ1) is 26.6. The molecule has 1 amide bonds. The Bertz CT molecular complexity index is 2680. The highest BCUT2D eigenvalue weighted by Crippen LogP contribution is 2.19. The van der Waals surface area contributed by atoms with Crippen LogP contribution in [0.2, 0.25) is 0 Å². The first-order valence-corrected chi connectivity index (χ1v) is 18.3. The molecule has 5 heterocycles. The van der Waals surface area contributed by atoms with Gasteiger partial charge in [-0.2, -0.15) is 10.2 Å². The molecule has 0 fully saturated rings. The van der Waals surface area contributed by atoms with Gasteiger partial charge in [-0.15, -0.1) is 0 Å². The van der Waals surface area contributed by atoms with Crippen LogP contribution in [0.3, 0.4) is 0 Å². The molecule has 284 valence electrons. The Morgan fingerprint density at radius 3 is 1.87 bits per heavy atom. The number of carbonyl (C=O) groups excluding carboxylic acids is 1. The predicted molar refractivity (Wildman–Crippen MR) is 212 cm³/mol. The van der Waals surface area contributed by atoms with E-state index < -0.39 is 0 Å². The molecule has 0 aliphatic heterocycles. The van der Waals surface area contributed by atoms with Crippen molar-refractivity contribution >= 4 is 44.6 Å². The zero-order valence-corrected chi connectivity index (χ0v) is 31.5. The van der Waals surface area contributed by atoms with E-state index in [1.165, 1.54) is 18.4 Å². The second-order valence-electron chi connectivity index (χ2n) is 13.1. The van der Waals surface area contributed by atoms with Crippen molar-refractivity contribution in [3.8, 4) is 0 Å². The molecule has 0 atom stereocenters. The molecule has 5 aromatic heterocycles. The van der Waals surface area contributed by atoms with Gasteiger partial charge in [0.2, 0.25) is 5.56 Å². The molecule has 0 radical (unpaired) electrons. The number of hydrogen-bond acceptors (Lipinski definition) is 9. The van der Waals surface area contributed by atoms with Crippen LogP contribution in [0, 0.1) is 0 Å². The van der Waals surface area contributed by atoms with E-state index in [1.54, 1.807) is 29.5 Å². The summed E-state index contributed by atoms with van der Waals surface area (Å²) in [6, 6.07) is 16.5. The maximum atomic E-state index is 12.5. The number of aryl methyl sites for hydroxylation is 4. The summed E-state index contributed by atoms with van der Waals surface area (Å²) in [5, 5.41) is 12.6. The number of carbonyl (C=O) groups is 1. The smallest absolute Gasteiger partial charge is 0.277 e. The Balaban J connectivity index is 0.000000188. The molecule has 4 N–H and O–H groups in total. The van der Waals surface area contributed by atoms with Crippen LogP contribution < -0.4 is 22.0 Å². The highest BCUT2D eigenvalue weighted by atomic mass is 16.5. The quantitative estimate of drug-likeness (QED) is 0.101. The fourth-order valence-electron chi connectivity index (χ4n) is 6.36. The average Bonchev–Trinajstić information content (AvgIpc) is 3.64. The zero-order chi connectivity index (χ0) is 39.1. The summed E-state index contributed by atoms with van der Waals surface area (Å²) in [7, 11) is 3.52. The molecule has 15 heteroatoms. The number of pyridine rings is 1. The highest BCUT2D eigenvalue weighted by molar-refractivity contribution is 5.99. The molecule has 0 aliphatic carbocycles. The number of aromatic amines is 3. The van der Waals surface area contributed by atoms with Gasteiger partial charge < -0.3 is 25.0 Å². The summed E-state index contributed by atoms with van der Waals surface area (Å²) >= 11 is 0. The van der Waals surface area contributed by atoms with Crippen LogP contribution >= 0.6 is 0 Å². The molecule has 0 saturated heterocycles. The monoisotopic (exact) mass is 744 g/mol. The molecule has 0 bridgehead atoms. The van der Waals surface area contributed by atoms with Gasteiger partial charge in [-0.3, -0.25) is 28.5 Å². The predicted octanol–water partition coefficient (Wildman–Crippen LogP) is 4.73. The van der Waals surface area contributed by atoms with Crippen molar-refractivity contribution in [3.05, 3.63) is 132 Å². The summed E-state index contributed by atoms with van der Waals surface area (Å²) in [5.41, 5.74) is 7.00. The van der Waals surface area contributed by atoms with Crippen LogP contribution in [0.25, 0.3) is 33.0 Å². The van der Waals surface area contributed by atoms with Crippen LogP contribution in [0.15, 0.2) is 81.3 Å². The third-order valence-electron chi connectivity index (χ3n) is 8.83. The van der Waals surface area contributed by atoms with Gasteiger partial charge >= 0.3 is 0 Å². The van der Waals surface area contributed by atoms with Gasteiger partial charge in [0.15, 0.2) is 11.0 Å². The highest BCUT2D eigenvalue weighted by Gasteiger charge is 2.16. The maximum absolute atomic E-state index is 12.5. The van der Waals surface area contributed by atoms with E-state index in [0.717, 1.165) is 59.1 Å². The third kappa shape index (κ3) is 8.95. The van der Waals surface area contributed by atoms with Gasteiger partial charge in [-0.05, 0) is 66.6 Å². The first kappa shape index (κ1) is 38.1. The number of aromatic nitrogens is 9. The van der Waals surface area contributed by atoms with Crippen molar-refractivity contribution in [1.29, 1.82) is 0 Å². The molecule has 55 heavy (non-hydrogen) atoms. The maximum Gasteiger partial charge on any atom is 0.277 e. The van der Waals surface area contributed by atoms with Gasteiger partial charge in [0, 0.05) is 50.3 Å². The molecular formula is C40H44N10O5. The minimum Gasteiger partial charge on any atom is -0.501 e. The Labute approximate surface area is 315 Å². The number of H-pyrrole nitrogens is 3. The largest absolute Gasteiger partial charge is 0.501 e. The molecule has 0 unspecified atom stereocenters. The molecule has 15 nitrogen and oxygen atoms in total. The minimum atomic E-state index is -0.261. The molecular weight excluding hydrogens is 701 g/mol. The molecule has 7 rings (SSSR count). The van der Waals surface area contributed by atoms with Crippen molar-refractivity contribution < 1.29 is 9.53 Å². The Morgan fingerprint density at radius 2 is 1.31 bits per heavy atom. The normalized spacial score (nSPS) is 11.4. The van der Waals surface area contributed by atoms with Crippen molar-refractivity contribution in [2.75, 3.05) is 11.9 Å². The van der Waals surface area contributed by atoms with Crippen molar-refractivity contribution in [1.82, 2.24) is 44.5 Å². The van der Waals surface area contributed by atoms with E-state index in [9.17, 15) is 19.2 Å². The lowest BCUT2D eigenvalue weighted by atomic mass is 10.1. The van der Waals surface area contributed by atoms with Crippen LogP contribution in [-0.2, 0) is 49.3 Å². The van der Waals surface area contributed by atoms with Crippen LogP contribution in [-0.4, -0.2) is 57.0 Å². The second kappa shape index (κ2) is 17.0. The van der Waals surface area contributed by atoms with E-state index in [1.807, 2.05) is 49.4 Å². The molecule has 0 aliphatic rings. The molecule has 7 aromatic rings. The zero-order valence-electron chi connectivity index (χ0n) is 31.5. The van der Waals surface area contributed by atoms with Crippen molar-refractivity contribution in [2.24, 2.45) is 14.1 Å². The molecule has 0 saturated carbocycles. The number of benzene rings is 2. The number of nitrogens with one attached hydrogen (secondary N) is 4. The molecule has 0 spiro atoms. The number of amides is 1. The number of hydrogen-bond donors (Lipinski definition) is 4. The van der Waals surface area contributed by atoms with Gasteiger partial charge in [0.05, 0.1) is 24.3 Å². The van der Waals surface area contributed by atoms with Gasteiger partial charge in [0.1, 0.15) is 22.7 Å². The van der Waals surface area contributed by atoms with Gasteiger partial charge in [0.25, 0.3) is 17.0 Å². The Hall–Kier alpha value is -6.64. The number of fused-ring (bicyclic) bond motifs is 3. The van der Waals surface area contributed by atoms with Crippen LogP contribution in [0.1, 0.15) is 67.8 Å². The summed E-state index contributed by atoms with van der Waals surface area (Å²) in [5.74, 6) is 0.934. The number of anilines is 1. The SMILES string of the molecule is CCCc1nn(C)c2c(=O)[nH]c(Cc3ccc(NC(=O)/C=C/OCC)cc3)nc12.CCCc1nn(C)c2c(=O)[nH]c(Cc3ccc4[nH]c(=O)ccc4c3)nc12. The van der Waals surface area contributed by atoms with E-state index >= 15 is 0 Å². The topological polar surface area (TPSA) is 198 Å². The summed E-state index contributed by atoms with van der Waals surface area (Å²) in [4.78, 5) is 66.0. The summed E-state index contributed by atoms with van der Waals surface area (Å²) in [6.07, 6.45) is 7.12. The van der Waals surface area contributed by atoms with Gasteiger partial charge in [-0.25, -0.2) is 9.97 Å². The summed E-state index contributed by atoms with van der Waals surface area (Å²) in [6.45, 7) is 6.51. The van der Waals surface area contributed by atoms with E-state index in [0.29, 0.717) is 58.9 Å². The lowest BCUT2D eigenvalue weighted by molar-refractivity contribution is -0.112. The number of nitrogens with zero attached hydrogens (tertiary/aromatic N) is 6. The standard InChI is InChI=1S/C21H25N5O3.C19H19N5O2/c1-4-6-16-19-20(26(3)25-16)21(28)24-17(23-19)13-14-7-9-15(10-8-14)22-18(27)11-12-29-5-2;1-3-4-14-17-18(24(2)23-14)19(26)22-15(21-17)10-11-5-7-13-12(9-11)6-8-16(25)20-13/h7-12H,4-6,13H2,1-3H3,(H,22,27)(H,23,24,28);5-9H,3-4,10H2,1-2H3,(H,20,25)(H,21,22,26)/b12-11+;.